The molecule has 0 saturated heterocycles. The second-order valence-corrected chi connectivity index (χ2v) is 9.06. The number of hydrogen-bond donors (Lipinski definition) is 0. The molecule has 2 aromatic heterocycles. The van der Waals surface area contributed by atoms with Gasteiger partial charge in [0.05, 0.1) is 12.8 Å². The molecule has 3 aromatic rings. The molecule has 1 aromatic carbocycles. The molecule has 0 fully saturated rings. The minimum absolute atomic E-state index is 0.569. The van der Waals surface area contributed by atoms with Crippen LogP contribution in [0.5, 0.6) is 5.75 Å². The van der Waals surface area contributed by atoms with Crippen molar-refractivity contribution < 1.29 is 4.74 Å². The third-order valence-electron chi connectivity index (χ3n) is 5.29. The lowest BCUT2D eigenvalue weighted by molar-refractivity contribution is 0.415. The van der Waals surface area contributed by atoms with E-state index in [1.807, 2.05) is 12.4 Å². The standard InChI is InChI=1S/C25H36N4O/c1-9-20-25(28(14-16(2)3)15-17(4)5)29-11-10-26-23(24(29)27-20)22-19(7)12-18(6)13-21(22)30-8/h10-13,16-17H,9,14-15H2,1-8H3. The number of benzene rings is 1. The van der Waals surface area contributed by atoms with Crippen molar-refractivity contribution in [1.82, 2.24) is 14.4 Å². The largest absolute Gasteiger partial charge is 0.496 e. The van der Waals surface area contributed by atoms with E-state index in [0.717, 1.165) is 53.4 Å². The Morgan fingerprint density at radius 3 is 2.30 bits per heavy atom. The zero-order valence-electron chi connectivity index (χ0n) is 19.8. The van der Waals surface area contributed by atoms with Gasteiger partial charge in [0.1, 0.15) is 17.3 Å². The number of nitrogens with zero attached hydrogens (tertiary/aromatic N) is 4. The number of fused-ring (bicyclic) bond motifs is 1. The summed E-state index contributed by atoms with van der Waals surface area (Å²) >= 11 is 0. The van der Waals surface area contributed by atoms with E-state index in [2.05, 4.69) is 69.9 Å². The summed E-state index contributed by atoms with van der Waals surface area (Å²) in [6.07, 6.45) is 4.81. The Kier molecular flexibility index (Phi) is 6.69. The van der Waals surface area contributed by atoms with Crippen molar-refractivity contribution in [2.75, 3.05) is 25.1 Å². The van der Waals surface area contributed by atoms with E-state index in [1.165, 1.54) is 11.4 Å². The van der Waals surface area contributed by atoms with Crippen molar-refractivity contribution in [3.8, 4) is 17.0 Å². The molecule has 0 amide bonds. The van der Waals surface area contributed by atoms with Crippen molar-refractivity contribution >= 4 is 11.5 Å². The Bertz CT molecular complexity index is 1010. The van der Waals surface area contributed by atoms with E-state index in [4.69, 9.17) is 14.7 Å². The number of ether oxygens (including phenoxy) is 1. The van der Waals surface area contributed by atoms with Crippen molar-refractivity contribution in [2.45, 2.75) is 54.9 Å². The fourth-order valence-corrected chi connectivity index (χ4v) is 4.28. The van der Waals surface area contributed by atoms with Crippen LogP contribution in [0.2, 0.25) is 0 Å². The highest BCUT2D eigenvalue weighted by molar-refractivity contribution is 5.82. The van der Waals surface area contributed by atoms with Gasteiger partial charge in [-0.05, 0) is 49.3 Å². The topological polar surface area (TPSA) is 42.7 Å². The molecule has 0 unspecified atom stereocenters. The summed E-state index contributed by atoms with van der Waals surface area (Å²) in [5.74, 6) is 3.18. The van der Waals surface area contributed by atoms with Crippen LogP contribution >= 0.6 is 0 Å². The van der Waals surface area contributed by atoms with E-state index < -0.39 is 0 Å². The third-order valence-corrected chi connectivity index (χ3v) is 5.29. The van der Waals surface area contributed by atoms with Gasteiger partial charge in [0.25, 0.3) is 0 Å². The molecule has 2 heterocycles. The minimum Gasteiger partial charge on any atom is -0.496 e. The number of aryl methyl sites for hydroxylation is 3. The molecule has 0 spiro atoms. The maximum Gasteiger partial charge on any atom is 0.165 e. The third kappa shape index (κ3) is 4.30. The minimum atomic E-state index is 0.569. The van der Waals surface area contributed by atoms with Gasteiger partial charge in [-0.15, -0.1) is 0 Å². The lowest BCUT2D eigenvalue weighted by Gasteiger charge is -2.28. The monoisotopic (exact) mass is 408 g/mol. The quantitative estimate of drug-likeness (QED) is 0.479. The van der Waals surface area contributed by atoms with Crippen LogP contribution in [-0.4, -0.2) is 34.6 Å². The fraction of sp³-hybridized carbons (Fsp3) is 0.520. The summed E-state index contributed by atoms with van der Waals surface area (Å²) in [4.78, 5) is 12.3. The first-order valence-corrected chi connectivity index (χ1v) is 11.0. The van der Waals surface area contributed by atoms with E-state index in [1.54, 1.807) is 7.11 Å². The molecule has 30 heavy (non-hydrogen) atoms. The summed E-state index contributed by atoms with van der Waals surface area (Å²) in [7, 11) is 1.72. The van der Waals surface area contributed by atoms with Crippen LogP contribution in [0, 0.1) is 25.7 Å². The second-order valence-electron chi connectivity index (χ2n) is 9.06. The summed E-state index contributed by atoms with van der Waals surface area (Å²) < 4.78 is 7.97. The average molecular weight is 409 g/mol. The van der Waals surface area contributed by atoms with Crippen LogP contribution in [0.1, 0.15) is 51.4 Å². The first-order valence-electron chi connectivity index (χ1n) is 11.0. The molecule has 0 saturated carbocycles. The van der Waals surface area contributed by atoms with Gasteiger partial charge in [0.2, 0.25) is 0 Å². The molecule has 0 radical (unpaired) electrons. The van der Waals surface area contributed by atoms with Gasteiger partial charge in [-0.25, -0.2) is 4.98 Å². The Morgan fingerprint density at radius 1 is 1.07 bits per heavy atom. The normalized spacial score (nSPS) is 11.7. The molecule has 0 atom stereocenters. The smallest absolute Gasteiger partial charge is 0.165 e. The molecular formula is C25H36N4O. The van der Waals surface area contributed by atoms with Gasteiger partial charge in [0, 0.05) is 31.0 Å². The maximum absolute atomic E-state index is 5.74. The molecule has 0 N–H and O–H groups in total. The summed E-state index contributed by atoms with van der Waals surface area (Å²) in [6, 6.07) is 4.25. The zero-order valence-corrected chi connectivity index (χ0v) is 19.8. The van der Waals surface area contributed by atoms with E-state index in [-0.39, 0.29) is 0 Å². The average Bonchev–Trinajstić information content (AvgIpc) is 3.05. The highest BCUT2D eigenvalue weighted by Gasteiger charge is 2.23. The van der Waals surface area contributed by atoms with Gasteiger partial charge in [-0.2, -0.15) is 0 Å². The Labute approximate surface area is 181 Å². The number of aromatic nitrogens is 3. The van der Waals surface area contributed by atoms with Crippen molar-refractivity contribution in [2.24, 2.45) is 11.8 Å². The number of anilines is 1. The molecule has 162 valence electrons. The van der Waals surface area contributed by atoms with Gasteiger partial charge in [0.15, 0.2) is 5.65 Å². The first kappa shape index (κ1) is 22.1. The predicted octanol–water partition coefficient (Wildman–Crippen LogP) is 5.70. The van der Waals surface area contributed by atoms with Crippen molar-refractivity contribution in [3.05, 3.63) is 41.3 Å². The number of imidazole rings is 1. The maximum atomic E-state index is 5.74. The molecule has 0 bridgehead atoms. The molecule has 0 aliphatic carbocycles. The predicted molar refractivity (Wildman–Crippen MR) is 126 cm³/mol. The van der Waals surface area contributed by atoms with E-state index in [0.29, 0.717) is 11.8 Å². The first-order chi connectivity index (χ1) is 14.3. The SMILES string of the molecule is CCc1nc2c(-c3c(C)cc(C)cc3OC)nccn2c1N(CC(C)C)CC(C)C. The number of methoxy groups -OCH3 is 1. The van der Waals surface area contributed by atoms with Crippen LogP contribution in [0.3, 0.4) is 0 Å². The fourth-order valence-electron chi connectivity index (χ4n) is 4.28. The highest BCUT2D eigenvalue weighted by Crippen LogP contribution is 2.37. The van der Waals surface area contributed by atoms with Crippen LogP contribution in [0.4, 0.5) is 5.82 Å². The Morgan fingerprint density at radius 2 is 1.73 bits per heavy atom. The van der Waals surface area contributed by atoms with Gasteiger partial charge in [-0.3, -0.25) is 9.38 Å². The molecule has 3 rings (SSSR count). The lowest BCUT2D eigenvalue weighted by atomic mass is 10.0. The van der Waals surface area contributed by atoms with Gasteiger partial charge in [-0.1, -0.05) is 40.7 Å². The second kappa shape index (κ2) is 9.07. The molecular weight excluding hydrogens is 372 g/mol. The Hall–Kier alpha value is -2.56. The summed E-state index contributed by atoms with van der Waals surface area (Å²) in [5, 5.41) is 0. The van der Waals surface area contributed by atoms with Gasteiger partial charge >= 0.3 is 0 Å². The lowest BCUT2D eigenvalue weighted by Crippen LogP contribution is -2.33. The van der Waals surface area contributed by atoms with Crippen LogP contribution < -0.4 is 9.64 Å². The number of hydrogen-bond acceptors (Lipinski definition) is 4. The Balaban J connectivity index is 2.28. The highest BCUT2D eigenvalue weighted by atomic mass is 16.5. The molecule has 0 aliphatic heterocycles. The van der Waals surface area contributed by atoms with E-state index in [9.17, 15) is 0 Å². The van der Waals surface area contributed by atoms with Crippen LogP contribution in [0.25, 0.3) is 16.9 Å². The van der Waals surface area contributed by atoms with Crippen LogP contribution in [-0.2, 0) is 6.42 Å². The van der Waals surface area contributed by atoms with Crippen molar-refractivity contribution in [1.29, 1.82) is 0 Å². The molecule has 0 aliphatic rings. The van der Waals surface area contributed by atoms with Crippen molar-refractivity contribution in [3.63, 3.8) is 0 Å². The summed E-state index contributed by atoms with van der Waals surface area (Å²) in [5.41, 5.74) is 6.24. The summed E-state index contributed by atoms with van der Waals surface area (Å²) in [6.45, 7) is 17.5. The van der Waals surface area contributed by atoms with E-state index >= 15 is 0 Å². The molecule has 5 heteroatoms. The van der Waals surface area contributed by atoms with Crippen LogP contribution in [0.15, 0.2) is 24.5 Å². The van der Waals surface area contributed by atoms with Gasteiger partial charge < -0.3 is 9.64 Å². The molecule has 5 nitrogen and oxygen atoms in total. The zero-order chi connectivity index (χ0) is 22.0. The number of rotatable bonds is 8.